The van der Waals surface area contributed by atoms with E-state index in [1.54, 1.807) is 4.31 Å². The van der Waals surface area contributed by atoms with Gasteiger partial charge in [-0.15, -0.1) is 11.6 Å². The molecule has 4 nitrogen and oxygen atoms in total. The predicted molar refractivity (Wildman–Crippen MR) is 76.6 cm³/mol. The molecule has 2 unspecified atom stereocenters. The van der Waals surface area contributed by atoms with Gasteiger partial charge < -0.3 is 0 Å². The van der Waals surface area contributed by atoms with Crippen molar-refractivity contribution in [3.63, 3.8) is 0 Å². The second-order valence-electron chi connectivity index (χ2n) is 5.06. The third kappa shape index (κ3) is 4.08. The zero-order valence-corrected chi connectivity index (χ0v) is 13.2. The molecular weight excluding hydrogens is 272 g/mol. The molecular formula is C12H25ClN2O2S. The molecule has 2 atom stereocenters. The minimum Gasteiger partial charge on any atom is -0.300 e. The van der Waals surface area contributed by atoms with Gasteiger partial charge in [-0.3, -0.25) is 4.90 Å². The van der Waals surface area contributed by atoms with Gasteiger partial charge in [0.1, 0.15) is 0 Å². The Morgan fingerprint density at radius 3 is 2.50 bits per heavy atom. The van der Waals surface area contributed by atoms with Gasteiger partial charge in [-0.05, 0) is 25.4 Å². The van der Waals surface area contributed by atoms with Crippen LogP contribution in [-0.2, 0) is 10.0 Å². The van der Waals surface area contributed by atoms with Gasteiger partial charge in [0.2, 0.25) is 10.0 Å². The fourth-order valence-electron chi connectivity index (χ4n) is 2.51. The number of hydrogen-bond donors (Lipinski definition) is 0. The molecule has 0 radical (unpaired) electrons. The monoisotopic (exact) mass is 296 g/mol. The minimum atomic E-state index is -3.13. The molecule has 0 aliphatic carbocycles. The fourth-order valence-corrected chi connectivity index (χ4v) is 4.58. The Morgan fingerprint density at radius 1 is 1.39 bits per heavy atom. The standard InChI is InChI=1S/C12H25ClN2O2S/c1-4-14(5-2)12-6-7-15(9-12)18(16,17)10-11(3)8-13/h11-12H,4-10H2,1-3H3. The lowest BCUT2D eigenvalue weighted by atomic mass is 10.2. The molecule has 0 saturated carbocycles. The van der Waals surface area contributed by atoms with E-state index in [-0.39, 0.29) is 11.7 Å². The normalized spacial score (nSPS) is 23.7. The van der Waals surface area contributed by atoms with Crippen molar-refractivity contribution in [1.29, 1.82) is 0 Å². The molecule has 1 rings (SSSR count). The van der Waals surface area contributed by atoms with Crippen LogP contribution in [0, 0.1) is 5.92 Å². The molecule has 1 fully saturated rings. The molecule has 18 heavy (non-hydrogen) atoms. The topological polar surface area (TPSA) is 40.6 Å². The molecule has 1 saturated heterocycles. The molecule has 0 aromatic carbocycles. The average Bonchev–Trinajstić information content (AvgIpc) is 2.80. The van der Waals surface area contributed by atoms with Crippen LogP contribution < -0.4 is 0 Å². The maximum absolute atomic E-state index is 12.2. The van der Waals surface area contributed by atoms with E-state index in [0.717, 1.165) is 19.5 Å². The van der Waals surface area contributed by atoms with Crippen molar-refractivity contribution >= 4 is 21.6 Å². The molecule has 6 heteroatoms. The van der Waals surface area contributed by atoms with Gasteiger partial charge in [0.15, 0.2) is 0 Å². The minimum absolute atomic E-state index is 0.0178. The molecule has 0 N–H and O–H groups in total. The highest BCUT2D eigenvalue weighted by atomic mass is 35.5. The highest BCUT2D eigenvalue weighted by Gasteiger charge is 2.33. The summed E-state index contributed by atoms with van der Waals surface area (Å²) in [7, 11) is -3.13. The van der Waals surface area contributed by atoms with Gasteiger partial charge in [-0.25, -0.2) is 12.7 Å². The van der Waals surface area contributed by atoms with E-state index in [4.69, 9.17) is 11.6 Å². The highest BCUT2D eigenvalue weighted by Crippen LogP contribution is 2.20. The first-order valence-corrected chi connectivity index (χ1v) is 8.86. The molecule has 1 heterocycles. The van der Waals surface area contributed by atoms with Crippen molar-refractivity contribution in [1.82, 2.24) is 9.21 Å². The van der Waals surface area contributed by atoms with E-state index in [1.807, 2.05) is 6.92 Å². The third-order valence-corrected chi connectivity index (χ3v) is 6.24. The number of rotatable bonds is 7. The number of halogens is 1. The van der Waals surface area contributed by atoms with E-state index in [9.17, 15) is 8.42 Å². The Bertz CT molecular complexity index is 344. The van der Waals surface area contributed by atoms with Crippen molar-refractivity contribution < 1.29 is 8.42 Å². The number of hydrogen-bond acceptors (Lipinski definition) is 3. The smallest absolute Gasteiger partial charge is 0.214 e. The van der Waals surface area contributed by atoms with Crippen LogP contribution in [0.1, 0.15) is 27.2 Å². The summed E-state index contributed by atoms with van der Waals surface area (Å²) in [5.74, 6) is 0.581. The summed E-state index contributed by atoms with van der Waals surface area (Å²) < 4.78 is 26.0. The number of sulfonamides is 1. The van der Waals surface area contributed by atoms with E-state index in [2.05, 4.69) is 18.7 Å². The Kier molecular flexibility index (Phi) is 6.38. The van der Waals surface area contributed by atoms with Crippen LogP contribution in [0.4, 0.5) is 0 Å². The lowest BCUT2D eigenvalue weighted by Crippen LogP contribution is -2.39. The van der Waals surface area contributed by atoms with E-state index in [1.165, 1.54) is 0 Å². The first-order chi connectivity index (χ1) is 8.44. The molecule has 108 valence electrons. The predicted octanol–water partition coefficient (Wildman–Crippen LogP) is 1.61. The van der Waals surface area contributed by atoms with Crippen LogP contribution in [0.5, 0.6) is 0 Å². The van der Waals surface area contributed by atoms with Gasteiger partial charge in [0.05, 0.1) is 5.75 Å². The fraction of sp³-hybridized carbons (Fsp3) is 1.00. The van der Waals surface area contributed by atoms with Crippen LogP contribution in [0.15, 0.2) is 0 Å². The summed E-state index contributed by atoms with van der Waals surface area (Å²) in [6.07, 6.45) is 0.941. The average molecular weight is 297 g/mol. The molecule has 0 aromatic heterocycles. The summed E-state index contributed by atoms with van der Waals surface area (Å²) >= 11 is 5.70. The van der Waals surface area contributed by atoms with Gasteiger partial charge in [0, 0.05) is 25.0 Å². The van der Waals surface area contributed by atoms with Gasteiger partial charge in [0.25, 0.3) is 0 Å². The number of nitrogens with zero attached hydrogens (tertiary/aromatic N) is 2. The van der Waals surface area contributed by atoms with Crippen LogP contribution in [-0.4, -0.2) is 61.5 Å². The van der Waals surface area contributed by atoms with Crippen molar-refractivity contribution in [3.05, 3.63) is 0 Å². The molecule has 1 aliphatic rings. The molecule has 1 aliphatic heterocycles. The second-order valence-corrected chi connectivity index (χ2v) is 7.38. The van der Waals surface area contributed by atoms with E-state index >= 15 is 0 Å². The second kappa shape index (κ2) is 7.08. The third-order valence-electron chi connectivity index (χ3n) is 3.61. The highest BCUT2D eigenvalue weighted by molar-refractivity contribution is 7.89. The summed E-state index contributed by atoms with van der Waals surface area (Å²) in [6.45, 7) is 9.37. The molecule has 0 amide bonds. The molecule has 0 aromatic rings. The van der Waals surface area contributed by atoms with Crippen molar-refractivity contribution in [2.45, 2.75) is 33.2 Å². The van der Waals surface area contributed by atoms with Crippen LogP contribution in [0.3, 0.4) is 0 Å². The summed E-state index contributed by atoms with van der Waals surface area (Å²) in [4.78, 5) is 2.33. The summed E-state index contributed by atoms with van der Waals surface area (Å²) in [5.41, 5.74) is 0. The van der Waals surface area contributed by atoms with Gasteiger partial charge in [-0.2, -0.15) is 0 Å². The molecule has 0 spiro atoms. The van der Waals surface area contributed by atoms with Crippen molar-refractivity contribution in [2.75, 3.05) is 37.8 Å². The summed E-state index contributed by atoms with van der Waals surface area (Å²) in [5, 5.41) is 0. The van der Waals surface area contributed by atoms with Gasteiger partial charge >= 0.3 is 0 Å². The lowest BCUT2D eigenvalue weighted by molar-refractivity contribution is 0.224. The zero-order valence-electron chi connectivity index (χ0n) is 11.6. The Hall–Kier alpha value is 0.160. The largest absolute Gasteiger partial charge is 0.300 e. The van der Waals surface area contributed by atoms with Crippen LogP contribution >= 0.6 is 11.6 Å². The van der Waals surface area contributed by atoms with Crippen LogP contribution in [0.2, 0.25) is 0 Å². The van der Waals surface area contributed by atoms with Crippen molar-refractivity contribution in [2.24, 2.45) is 5.92 Å². The quantitative estimate of drug-likeness (QED) is 0.670. The van der Waals surface area contributed by atoms with Crippen LogP contribution in [0.25, 0.3) is 0 Å². The van der Waals surface area contributed by atoms with Gasteiger partial charge in [-0.1, -0.05) is 20.8 Å². The Balaban J connectivity index is 2.60. The van der Waals surface area contributed by atoms with E-state index < -0.39 is 10.0 Å². The first kappa shape index (κ1) is 16.2. The SMILES string of the molecule is CCN(CC)C1CCN(S(=O)(=O)CC(C)CCl)C1. The summed E-state index contributed by atoms with van der Waals surface area (Å²) in [6, 6.07) is 0.376. The molecule has 0 bridgehead atoms. The van der Waals surface area contributed by atoms with Crippen molar-refractivity contribution in [3.8, 4) is 0 Å². The van der Waals surface area contributed by atoms with E-state index in [0.29, 0.717) is 25.0 Å². The number of alkyl halides is 1. The lowest BCUT2D eigenvalue weighted by Gasteiger charge is -2.26. The number of likely N-dealkylation sites (N-methyl/N-ethyl adjacent to an activating group) is 1. The first-order valence-electron chi connectivity index (χ1n) is 6.72. The maximum Gasteiger partial charge on any atom is 0.214 e. The maximum atomic E-state index is 12.2. The Morgan fingerprint density at radius 2 is 2.00 bits per heavy atom. The Labute approximate surface area is 116 Å². The zero-order chi connectivity index (χ0) is 13.8.